The molecule has 6 heteroatoms. The Morgan fingerprint density at radius 1 is 1.32 bits per heavy atom. The van der Waals surface area contributed by atoms with E-state index in [1.165, 1.54) is 19.3 Å². The summed E-state index contributed by atoms with van der Waals surface area (Å²) in [7, 11) is 0. The molecule has 1 aromatic rings. The van der Waals surface area contributed by atoms with Gasteiger partial charge in [-0.2, -0.15) is 0 Å². The van der Waals surface area contributed by atoms with Gasteiger partial charge < -0.3 is 19.4 Å². The van der Waals surface area contributed by atoms with Crippen molar-refractivity contribution >= 4 is 0 Å². The first kappa shape index (κ1) is 14.6. The van der Waals surface area contributed by atoms with Crippen LogP contribution in [0.15, 0.2) is 0 Å². The minimum absolute atomic E-state index is 0.151. The van der Waals surface area contributed by atoms with Crippen LogP contribution in [0, 0.1) is 0 Å². The first-order chi connectivity index (χ1) is 10.7. The molecule has 6 nitrogen and oxygen atoms in total. The van der Waals surface area contributed by atoms with Crippen LogP contribution in [0.2, 0.25) is 0 Å². The quantitative estimate of drug-likeness (QED) is 0.914. The molecule has 122 valence electrons. The van der Waals surface area contributed by atoms with E-state index in [-0.39, 0.29) is 6.10 Å². The van der Waals surface area contributed by atoms with Crippen LogP contribution in [0.5, 0.6) is 0 Å². The lowest BCUT2D eigenvalue weighted by atomic mass is 9.97. The zero-order valence-corrected chi connectivity index (χ0v) is 13.5. The Kier molecular flexibility index (Phi) is 3.71. The van der Waals surface area contributed by atoms with Gasteiger partial charge in [0.25, 0.3) is 0 Å². The zero-order chi connectivity index (χ0) is 15.2. The minimum Gasteiger partial charge on any atom is -0.378 e. The average Bonchev–Trinajstić information content (AvgIpc) is 3.05. The molecule has 0 amide bonds. The topological polar surface area (TPSA) is 61.2 Å². The fraction of sp³-hybridized carbons (Fsp3) is 0.875. The number of hydrogen-bond donors (Lipinski definition) is 1. The highest BCUT2D eigenvalue weighted by Gasteiger charge is 2.44. The SMILES string of the molecule is CC(C)OC1(c2nnc3n2CC2CCCC(C3)N2)CCOC1. The monoisotopic (exact) mass is 306 g/mol. The molecule has 22 heavy (non-hydrogen) atoms. The highest BCUT2D eigenvalue weighted by Crippen LogP contribution is 2.36. The van der Waals surface area contributed by atoms with Crippen molar-refractivity contribution in [3.05, 3.63) is 11.6 Å². The molecule has 3 atom stereocenters. The lowest BCUT2D eigenvalue weighted by Crippen LogP contribution is -2.43. The normalized spacial score (nSPS) is 34.7. The third kappa shape index (κ3) is 2.47. The Morgan fingerprint density at radius 2 is 2.18 bits per heavy atom. The summed E-state index contributed by atoms with van der Waals surface area (Å²) in [5.74, 6) is 2.08. The Labute approximate surface area is 131 Å². The predicted octanol–water partition coefficient (Wildman–Crippen LogP) is 1.39. The van der Waals surface area contributed by atoms with Crippen LogP contribution >= 0.6 is 0 Å². The molecule has 1 aromatic heterocycles. The van der Waals surface area contributed by atoms with Crippen molar-refractivity contribution in [2.45, 2.75) is 76.3 Å². The van der Waals surface area contributed by atoms with E-state index in [1.54, 1.807) is 0 Å². The maximum Gasteiger partial charge on any atom is 0.167 e. The molecular formula is C16H26N4O2. The van der Waals surface area contributed by atoms with Crippen LogP contribution in [0.4, 0.5) is 0 Å². The number of piperidine rings is 1. The summed E-state index contributed by atoms with van der Waals surface area (Å²) in [5, 5.41) is 12.8. The van der Waals surface area contributed by atoms with E-state index >= 15 is 0 Å². The fourth-order valence-electron chi connectivity index (χ4n) is 4.19. The number of nitrogens with one attached hydrogen (secondary N) is 1. The Hall–Kier alpha value is -0.980. The Balaban J connectivity index is 1.71. The summed E-state index contributed by atoms with van der Waals surface area (Å²) in [4.78, 5) is 0. The molecule has 2 bridgehead atoms. The van der Waals surface area contributed by atoms with Crippen molar-refractivity contribution in [1.82, 2.24) is 20.1 Å². The number of rotatable bonds is 3. The molecule has 4 rings (SSSR count). The van der Waals surface area contributed by atoms with E-state index in [0.29, 0.717) is 18.7 Å². The van der Waals surface area contributed by atoms with Crippen molar-refractivity contribution in [2.75, 3.05) is 13.2 Å². The molecule has 0 aliphatic carbocycles. The van der Waals surface area contributed by atoms with Crippen molar-refractivity contribution in [2.24, 2.45) is 0 Å². The summed E-state index contributed by atoms with van der Waals surface area (Å²) in [6, 6.07) is 1.09. The summed E-state index contributed by atoms with van der Waals surface area (Å²) < 4.78 is 14.3. The smallest absolute Gasteiger partial charge is 0.167 e. The molecular weight excluding hydrogens is 280 g/mol. The van der Waals surface area contributed by atoms with Crippen molar-refractivity contribution in [1.29, 1.82) is 0 Å². The lowest BCUT2D eigenvalue weighted by Gasteiger charge is -2.31. The van der Waals surface area contributed by atoms with Gasteiger partial charge in [0, 0.05) is 31.5 Å². The number of fused-ring (bicyclic) bond motifs is 3. The molecule has 2 saturated heterocycles. The predicted molar refractivity (Wildman–Crippen MR) is 81.6 cm³/mol. The Morgan fingerprint density at radius 3 is 2.95 bits per heavy atom. The second-order valence-electron chi connectivity index (χ2n) is 7.21. The van der Waals surface area contributed by atoms with E-state index < -0.39 is 5.60 Å². The third-order valence-corrected chi connectivity index (χ3v) is 5.09. The first-order valence-corrected chi connectivity index (χ1v) is 8.60. The van der Waals surface area contributed by atoms with E-state index in [9.17, 15) is 0 Å². The van der Waals surface area contributed by atoms with E-state index in [1.807, 2.05) is 0 Å². The highest BCUT2D eigenvalue weighted by molar-refractivity contribution is 5.12. The number of ether oxygens (including phenoxy) is 2. The van der Waals surface area contributed by atoms with E-state index in [0.717, 1.165) is 37.6 Å². The van der Waals surface area contributed by atoms with Gasteiger partial charge in [-0.05, 0) is 26.7 Å². The fourth-order valence-corrected chi connectivity index (χ4v) is 4.19. The molecule has 0 aromatic carbocycles. The second-order valence-corrected chi connectivity index (χ2v) is 7.21. The molecule has 0 spiro atoms. The number of nitrogens with zero attached hydrogens (tertiary/aromatic N) is 3. The maximum absolute atomic E-state index is 6.29. The Bertz CT molecular complexity index is 536. The van der Waals surface area contributed by atoms with Crippen molar-refractivity contribution in [3.8, 4) is 0 Å². The average molecular weight is 306 g/mol. The lowest BCUT2D eigenvalue weighted by molar-refractivity contribution is -0.0947. The summed E-state index contributed by atoms with van der Waals surface area (Å²) in [6.45, 7) is 6.43. The molecule has 2 fully saturated rings. The first-order valence-electron chi connectivity index (χ1n) is 8.60. The molecule has 0 saturated carbocycles. The van der Waals surface area contributed by atoms with Gasteiger partial charge in [-0.15, -0.1) is 10.2 Å². The maximum atomic E-state index is 6.29. The largest absolute Gasteiger partial charge is 0.378 e. The van der Waals surface area contributed by atoms with Crippen molar-refractivity contribution < 1.29 is 9.47 Å². The molecule has 1 N–H and O–H groups in total. The minimum atomic E-state index is -0.419. The standard InChI is InChI=1S/C16H26N4O2/c1-11(2)22-16(6-7-21-10-16)15-19-18-14-8-12-4-3-5-13(17-12)9-20(14)15/h11-13,17H,3-10H2,1-2H3. The highest BCUT2D eigenvalue weighted by atomic mass is 16.6. The van der Waals surface area contributed by atoms with Crippen LogP contribution < -0.4 is 5.32 Å². The van der Waals surface area contributed by atoms with Gasteiger partial charge in [-0.3, -0.25) is 0 Å². The van der Waals surface area contributed by atoms with Gasteiger partial charge in [0.1, 0.15) is 5.82 Å². The third-order valence-electron chi connectivity index (χ3n) is 5.09. The van der Waals surface area contributed by atoms with Gasteiger partial charge in [-0.1, -0.05) is 6.42 Å². The molecule has 4 heterocycles. The summed E-state index contributed by atoms with van der Waals surface area (Å²) in [6.07, 6.45) is 5.79. The van der Waals surface area contributed by atoms with Gasteiger partial charge in [0.15, 0.2) is 11.4 Å². The van der Waals surface area contributed by atoms with Gasteiger partial charge in [-0.25, -0.2) is 0 Å². The summed E-state index contributed by atoms with van der Waals surface area (Å²) in [5.41, 5.74) is -0.419. The number of hydrogen-bond acceptors (Lipinski definition) is 5. The van der Waals surface area contributed by atoms with Crippen molar-refractivity contribution in [3.63, 3.8) is 0 Å². The van der Waals surface area contributed by atoms with E-state index in [4.69, 9.17) is 9.47 Å². The van der Waals surface area contributed by atoms with Crippen LogP contribution in [0.3, 0.4) is 0 Å². The molecule has 3 aliphatic heterocycles. The molecule has 3 unspecified atom stereocenters. The zero-order valence-electron chi connectivity index (χ0n) is 13.5. The van der Waals surface area contributed by atoms with Gasteiger partial charge >= 0.3 is 0 Å². The van der Waals surface area contributed by atoms with Crippen LogP contribution in [0.1, 0.15) is 51.2 Å². The van der Waals surface area contributed by atoms with Crippen LogP contribution in [-0.4, -0.2) is 46.2 Å². The van der Waals surface area contributed by atoms with Gasteiger partial charge in [0.2, 0.25) is 0 Å². The van der Waals surface area contributed by atoms with Crippen LogP contribution in [0.25, 0.3) is 0 Å². The molecule has 3 aliphatic rings. The molecule has 0 radical (unpaired) electrons. The number of aromatic nitrogens is 3. The summed E-state index contributed by atoms with van der Waals surface area (Å²) >= 11 is 0. The van der Waals surface area contributed by atoms with Gasteiger partial charge in [0.05, 0.1) is 19.3 Å². The second kappa shape index (κ2) is 5.58. The van der Waals surface area contributed by atoms with Crippen LogP contribution in [-0.2, 0) is 28.0 Å². The van der Waals surface area contributed by atoms with E-state index in [2.05, 4.69) is 33.9 Å².